The number of fused-ring (bicyclic) bond motifs is 1. The van der Waals surface area contributed by atoms with Crippen molar-refractivity contribution in [2.45, 2.75) is 11.7 Å². The third-order valence-electron chi connectivity index (χ3n) is 2.86. The summed E-state index contributed by atoms with van der Waals surface area (Å²) in [6, 6.07) is 13.5. The zero-order valence-corrected chi connectivity index (χ0v) is 10.2. The smallest absolute Gasteiger partial charge is 0.263 e. The Hall–Kier alpha value is -1.52. The molecule has 0 bridgehead atoms. The molecule has 2 aromatic carbocycles. The van der Waals surface area contributed by atoms with E-state index in [4.69, 9.17) is 5.21 Å². The standard InChI is InChI=1S/C13H13NO2S/c1-13(17,12(15)14-16)11-7-6-9-4-2-3-5-10(9)8-11/h2-8,16-17H,1H3,(H,14,15). The number of nitrogens with one attached hydrogen (secondary N) is 1. The normalized spacial score (nSPS) is 14.3. The van der Waals surface area contributed by atoms with Gasteiger partial charge in [0.05, 0.1) is 0 Å². The van der Waals surface area contributed by atoms with E-state index >= 15 is 0 Å². The Morgan fingerprint density at radius 3 is 2.53 bits per heavy atom. The van der Waals surface area contributed by atoms with Crippen LogP contribution in [0, 0.1) is 0 Å². The van der Waals surface area contributed by atoms with Crippen LogP contribution in [0.15, 0.2) is 42.5 Å². The topological polar surface area (TPSA) is 49.3 Å². The summed E-state index contributed by atoms with van der Waals surface area (Å²) in [7, 11) is 0. The first kappa shape index (κ1) is 12.0. The lowest BCUT2D eigenvalue weighted by Crippen LogP contribution is -2.36. The first-order valence-electron chi connectivity index (χ1n) is 5.22. The molecule has 0 saturated carbocycles. The summed E-state index contributed by atoms with van der Waals surface area (Å²) in [6.45, 7) is 1.64. The van der Waals surface area contributed by atoms with Gasteiger partial charge in [-0.1, -0.05) is 36.4 Å². The molecule has 1 amide bonds. The minimum absolute atomic E-state index is 0.545. The summed E-state index contributed by atoms with van der Waals surface area (Å²) in [4.78, 5) is 11.5. The SMILES string of the molecule is CC(S)(C(=O)NO)c1ccc2ccccc2c1. The molecular formula is C13H13NO2S. The van der Waals surface area contributed by atoms with Gasteiger partial charge >= 0.3 is 0 Å². The minimum atomic E-state index is -1.06. The van der Waals surface area contributed by atoms with Crippen molar-refractivity contribution in [2.75, 3.05) is 0 Å². The Morgan fingerprint density at radius 2 is 1.88 bits per heavy atom. The second-order valence-electron chi connectivity index (χ2n) is 4.08. The molecule has 0 aromatic heterocycles. The fourth-order valence-corrected chi connectivity index (χ4v) is 1.92. The molecule has 0 aliphatic rings. The van der Waals surface area contributed by atoms with Gasteiger partial charge in [0, 0.05) is 0 Å². The highest BCUT2D eigenvalue weighted by atomic mass is 32.1. The number of benzene rings is 2. The number of hydrogen-bond acceptors (Lipinski definition) is 3. The van der Waals surface area contributed by atoms with Crippen molar-refractivity contribution >= 4 is 29.3 Å². The summed E-state index contributed by atoms with van der Waals surface area (Å²) in [5, 5.41) is 10.8. The van der Waals surface area contributed by atoms with Crippen LogP contribution in [0.5, 0.6) is 0 Å². The van der Waals surface area contributed by atoms with Gasteiger partial charge in [-0.3, -0.25) is 10.0 Å². The van der Waals surface area contributed by atoms with E-state index in [1.165, 1.54) is 0 Å². The van der Waals surface area contributed by atoms with E-state index in [1.54, 1.807) is 12.4 Å². The van der Waals surface area contributed by atoms with Crippen LogP contribution in [0.2, 0.25) is 0 Å². The molecule has 0 fully saturated rings. The van der Waals surface area contributed by atoms with Gasteiger partial charge < -0.3 is 0 Å². The Morgan fingerprint density at radius 1 is 1.24 bits per heavy atom. The third-order valence-corrected chi connectivity index (χ3v) is 3.32. The Bertz CT molecular complexity index is 566. The predicted molar refractivity (Wildman–Crippen MR) is 70.2 cm³/mol. The molecule has 0 radical (unpaired) electrons. The summed E-state index contributed by atoms with van der Waals surface area (Å²) in [5.74, 6) is -0.545. The van der Waals surface area contributed by atoms with Crippen molar-refractivity contribution in [3.05, 3.63) is 48.0 Å². The highest BCUT2D eigenvalue weighted by Crippen LogP contribution is 2.30. The maximum Gasteiger partial charge on any atom is 0.263 e. The van der Waals surface area contributed by atoms with Crippen LogP contribution in [0.4, 0.5) is 0 Å². The molecule has 2 rings (SSSR count). The van der Waals surface area contributed by atoms with Crippen LogP contribution in [0.3, 0.4) is 0 Å². The van der Waals surface area contributed by atoms with Crippen LogP contribution in [-0.4, -0.2) is 11.1 Å². The van der Waals surface area contributed by atoms with Crippen molar-refractivity contribution in [1.29, 1.82) is 0 Å². The fraction of sp³-hybridized carbons (Fsp3) is 0.154. The summed E-state index contributed by atoms with van der Waals surface area (Å²) < 4.78 is -1.06. The predicted octanol–water partition coefficient (Wildman–Crippen LogP) is 2.49. The highest BCUT2D eigenvalue weighted by molar-refractivity contribution is 7.82. The third kappa shape index (κ3) is 2.14. The Labute approximate surface area is 105 Å². The first-order chi connectivity index (χ1) is 8.05. The van der Waals surface area contributed by atoms with Crippen LogP contribution < -0.4 is 5.48 Å². The van der Waals surface area contributed by atoms with Gasteiger partial charge in [-0.15, -0.1) is 0 Å². The van der Waals surface area contributed by atoms with E-state index in [9.17, 15) is 4.79 Å². The van der Waals surface area contributed by atoms with Crippen LogP contribution in [-0.2, 0) is 9.54 Å². The zero-order chi connectivity index (χ0) is 12.5. The number of carbonyl (C=O) groups is 1. The van der Waals surface area contributed by atoms with Crippen molar-refractivity contribution in [1.82, 2.24) is 5.48 Å². The molecule has 0 aliphatic heterocycles. The quantitative estimate of drug-likeness (QED) is 0.434. The Balaban J connectivity index is 2.53. The zero-order valence-electron chi connectivity index (χ0n) is 9.34. The molecule has 0 heterocycles. The van der Waals surface area contributed by atoms with Crippen LogP contribution in [0.1, 0.15) is 12.5 Å². The number of rotatable bonds is 2. The molecule has 1 atom stereocenters. The van der Waals surface area contributed by atoms with E-state index in [0.29, 0.717) is 0 Å². The van der Waals surface area contributed by atoms with Gasteiger partial charge in [0.15, 0.2) is 0 Å². The lowest BCUT2D eigenvalue weighted by molar-refractivity contribution is -0.131. The van der Waals surface area contributed by atoms with Gasteiger partial charge in [-0.25, -0.2) is 5.48 Å². The number of hydroxylamine groups is 1. The number of thiol groups is 1. The van der Waals surface area contributed by atoms with Crippen molar-refractivity contribution in [3.63, 3.8) is 0 Å². The second kappa shape index (κ2) is 4.39. The maximum absolute atomic E-state index is 11.5. The Kier molecular flexibility index (Phi) is 3.09. The molecule has 2 aromatic rings. The molecule has 1 unspecified atom stereocenters. The lowest BCUT2D eigenvalue weighted by atomic mass is 9.96. The van der Waals surface area contributed by atoms with E-state index in [2.05, 4.69) is 12.6 Å². The van der Waals surface area contributed by atoms with Crippen LogP contribution >= 0.6 is 12.6 Å². The number of amides is 1. The summed E-state index contributed by atoms with van der Waals surface area (Å²) in [5.41, 5.74) is 2.38. The molecule has 2 N–H and O–H groups in total. The number of hydrogen-bond donors (Lipinski definition) is 3. The summed E-state index contributed by atoms with van der Waals surface area (Å²) >= 11 is 4.30. The molecule has 0 aliphatic carbocycles. The van der Waals surface area contributed by atoms with Gasteiger partial charge in [-0.2, -0.15) is 12.6 Å². The van der Waals surface area contributed by atoms with Gasteiger partial charge in [0.1, 0.15) is 4.75 Å². The average Bonchev–Trinajstić information content (AvgIpc) is 2.37. The largest absolute Gasteiger partial charge is 0.289 e. The number of carbonyl (C=O) groups excluding carboxylic acids is 1. The minimum Gasteiger partial charge on any atom is -0.289 e. The van der Waals surface area contributed by atoms with E-state index in [0.717, 1.165) is 16.3 Å². The lowest BCUT2D eigenvalue weighted by Gasteiger charge is -2.21. The molecule has 88 valence electrons. The fourth-order valence-electron chi connectivity index (χ4n) is 1.73. The highest BCUT2D eigenvalue weighted by Gasteiger charge is 2.30. The van der Waals surface area contributed by atoms with E-state index in [-0.39, 0.29) is 0 Å². The van der Waals surface area contributed by atoms with Crippen molar-refractivity contribution in [2.24, 2.45) is 0 Å². The van der Waals surface area contributed by atoms with Crippen molar-refractivity contribution < 1.29 is 10.0 Å². The molecule has 3 nitrogen and oxygen atoms in total. The molecule has 0 saturated heterocycles. The van der Waals surface area contributed by atoms with E-state index < -0.39 is 10.7 Å². The van der Waals surface area contributed by atoms with Gasteiger partial charge in [-0.05, 0) is 29.3 Å². The second-order valence-corrected chi connectivity index (χ2v) is 4.97. The average molecular weight is 247 g/mol. The van der Waals surface area contributed by atoms with Gasteiger partial charge in [0.25, 0.3) is 5.91 Å². The van der Waals surface area contributed by atoms with E-state index in [1.807, 2.05) is 42.5 Å². The molecular weight excluding hydrogens is 234 g/mol. The monoisotopic (exact) mass is 247 g/mol. The van der Waals surface area contributed by atoms with Gasteiger partial charge in [0.2, 0.25) is 0 Å². The van der Waals surface area contributed by atoms with Crippen molar-refractivity contribution in [3.8, 4) is 0 Å². The maximum atomic E-state index is 11.5. The molecule has 0 spiro atoms. The molecule has 4 heteroatoms. The van der Waals surface area contributed by atoms with Crippen LogP contribution in [0.25, 0.3) is 10.8 Å². The summed E-state index contributed by atoms with van der Waals surface area (Å²) in [6.07, 6.45) is 0. The molecule has 17 heavy (non-hydrogen) atoms. The first-order valence-corrected chi connectivity index (χ1v) is 5.66.